The summed E-state index contributed by atoms with van der Waals surface area (Å²) in [4.78, 5) is 23.3. The zero-order valence-corrected chi connectivity index (χ0v) is 11.7. The molecule has 1 rings (SSSR count). The minimum Gasteiger partial charge on any atom is -0.479 e. The predicted molar refractivity (Wildman–Crippen MR) is 64.0 cm³/mol. The van der Waals surface area contributed by atoms with Crippen LogP contribution < -0.4 is 5.14 Å². The molecule has 1 heterocycles. The van der Waals surface area contributed by atoms with Gasteiger partial charge in [-0.1, -0.05) is 0 Å². The van der Waals surface area contributed by atoms with Gasteiger partial charge in [0.2, 0.25) is 15.9 Å². The van der Waals surface area contributed by atoms with Crippen molar-refractivity contribution < 1.29 is 35.9 Å². The van der Waals surface area contributed by atoms with Crippen LogP contribution in [0, 0.1) is 0 Å². The molecule has 21 heavy (non-hydrogen) atoms. The van der Waals surface area contributed by atoms with Gasteiger partial charge in [-0.05, 0) is 6.92 Å². The van der Waals surface area contributed by atoms with Crippen LogP contribution in [0.1, 0.15) is 13.3 Å². The molecule has 0 saturated carbocycles. The molecule has 11 heteroatoms. The molecule has 1 amide bonds. The summed E-state index contributed by atoms with van der Waals surface area (Å²) in [6, 6.07) is 0. The van der Waals surface area contributed by atoms with Crippen molar-refractivity contribution in [3.63, 3.8) is 0 Å². The Balaban J connectivity index is 3.05. The zero-order chi connectivity index (χ0) is 16.4. The number of sulfonamides is 1. The summed E-state index contributed by atoms with van der Waals surface area (Å²) >= 11 is 0. The van der Waals surface area contributed by atoms with Crippen LogP contribution in [0.5, 0.6) is 0 Å². The van der Waals surface area contributed by atoms with E-state index in [0.717, 1.165) is 0 Å². The maximum atomic E-state index is 12.2. The molecule has 120 valence electrons. The van der Waals surface area contributed by atoms with Crippen molar-refractivity contribution in [1.29, 1.82) is 0 Å². The Kier molecular flexibility index (Phi) is 4.99. The van der Waals surface area contributed by atoms with Gasteiger partial charge in [-0.2, -0.15) is 13.2 Å². The molecule has 0 aromatic heterocycles. The number of hydrogen-bond donors (Lipinski definition) is 1. The zero-order valence-electron chi connectivity index (χ0n) is 10.9. The minimum atomic E-state index is -5.12. The van der Waals surface area contributed by atoms with Crippen molar-refractivity contribution in [3.05, 3.63) is 12.0 Å². The van der Waals surface area contributed by atoms with Crippen LogP contribution in [0.25, 0.3) is 0 Å². The maximum absolute atomic E-state index is 12.2. The Hall–Kier alpha value is -1.62. The summed E-state index contributed by atoms with van der Waals surface area (Å²) in [6.45, 7) is 0.860. The van der Waals surface area contributed by atoms with E-state index in [1.165, 1.54) is 6.92 Å². The van der Waals surface area contributed by atoms with Gasteiger partial charge < -0.3 is 4.74 Å². The van der Waals surface area contributed by atoms with E-state index in [0.29, 0.717) is 4.90 Å². The van der Waals surface area contributed by atoms with Crippen LogP contribution >= 0.6 is 0 Å². The van der Waals surface area contributed by atoms with Gasteiger partial charge in [0.25, 0.3) is 5.78 Å². The smallest absolute Gasteiger partial charge is 0.454 e. The summed E-state index contributed by atoms with van der Waals surface area (Å²) in [5.74, 6) is -3.64. The number of rotatable bonds is 5. The van der Waals surface area contributed by atoms with E-state index < -0.39 is 52.0 Å². The highest BCUT2D eigenvalue weighted by molar-refractivity contribution is 7.89. The summed E-state index contributed by atoms with van der Waals surface area (Å²) in [6.07, 6.45) is -5.49. The molecule has 1 saturated heterocycles. The number of nitrogens with two attached hydrogens (primary N) is 1. The Bertz CT molecular complexity index is 570. The van der Waals surface area contributed by atoms with Crippen molar-refractivity contribution in [2.45, 2.75) is 24.8 Å². The van der Waals surface area contributed by atoms with E-state index in [4.69, 9.17) is 9.88 Å². The van der Waals surface area contributed by atoms with Gasteiger partial charge >= 0.3 is 6.18 Å². The Labute approximate surface area is 118 Å². The molecule has 7 nitrogen and oxygen atoms in total. The maximum Gasteiger partial charge on any atom is 0.454 e. The molecule has 0 aromatic carbocycles. The van der Waals surface area contributed by atoms with Gasteiger partial charge in [0.15, 0.2) is 5.88 Å². The molecular weight excluding hydrogens is 317 g/mol. The van der Waals surface area contributed by atoms with Crippen LogP contribution in [0.15, 0.2) is 12.0 Å². The normalized spacial score (nSPS) is 20.8. The van der Waals surface area contributed by atoms with Crippen molar-refractivity contribution in [2.75, 3.05) is 13.2 Å². The number of ketones is 1. The number of amides is 1. The number of hydrogen-bond acceptors (Lipinski definition) is 5. The summed E-state index contributed by atoms with van der Waals surface area (Å²) in [5.41, 5.74) is 0. The van der Waals surface area contributed by atoms with Gasteiger partial charge in [0, 0.05) is 13.0 Å². The molecule has 0 spiro atoms. The summed E-state index contributed by atoms with van der Waals surface area (Å²) in [5, 5.41) is 3.64. The lowest BCUT2D eigenvalue weighted by Gasteiger charge is -2.20. The fraction of sp³-hybridized carbons (Fsp3) is 0.600. The number of allylic oxidation sites excluding steroid dienone is 1. The monoisotopic (exact) mass is 330 g/mol. The van der Waals surface area contributed by atoms with Crippen molar-refractivity contribution >= 4 is 21.7 Å². The average Bonchev–Trinajstić information content (AvgIpc) is 2.69. The fourth-order valence-corrected chi connectivity index (χ4v) is 2.38. The summed E-state index contributed by atoms with van der Waals surface area (Å²) < 4.78 is 63.9. The van der Waals surface area contributed by atoms with Crippen LogP contribution in [0.3, 0.4) is 0 Å². The predicted octanol–water partition coefficient (Wildman–Crippen LogP) is -0.115. The SMILES string of the molecule is CCOC(=CC(=O)C(F)(F)F)N1CC(S(N)(=O)=O)CC1=O. The number of primary sulfonamides is 1. The molecule has 0 aliphatic carbocycles. The van der Waals surface area contributed by atoms with Crippen molar-refractivity contribution in [3.8, 4) is 0 Å². The molecule has 0 radical (unpaired) electrons. The van der Waals surface area contributed by atoms with Crippen LogP contribution in [0.4, 0.5) is 13.2 Å². The first kappa shape index (κ1) is 17.4. The van der Waals surface area contributed by atoms with E-state index in [2.05, 4.69) is 0 Å². The van der Waals surface area contributed by atoms with E-state index in [-0.39, 0.29) is 12.7 Å². The van der Waals surface area contributed by atoms with Gasteiger partial charge in [-0.3, -0.25) is 14.5 Å². The third kappa shape index (κ3) is 4.43. The standard InChI is InChI=1S/C10H13F3N2O5S/c1-2-20-9(4-7(16)10(11,12)13)15-5-6(3-8(15)17)21(14,18)19/h4,6H,2-3,5H2,1H3,(H2,14,18,19). The molecule has 1 aliphatic heterocycles. The van der Waals surface area contributed by atoms with Gasteiger partial charge in [-0.25, -0.2) is 13.6 Å². The van der Waals surface area contributed by atoms with E-state index in [1.54, 1.807) is 0 Å². The largest absolute Gasteiger partial charge is 0.479 e. The van der Waals surface area contributed by atoms with E-state index >= 15 is 0 Å². The number of nitrogens with zero attached hydrogens (tertiary/aromatic N) is 1. The molecule has 0 bridgehead atoms. The van der Waals surface area contributed by atoms with E-state index in [9.17, 15) is 31.2 Å². The first-order chi connectivity index (χ1) is 9.46. The van der Waals surface area contributed by atoms with E-state index in [1.807, 2.05) is 0 Å². The highest BCUT2D eigenvalue weighted by Gasteiger charge is 2.41. The van der Waals surface area contributed by atoms with Gasteiger partial charge in [-0.15, -0.1) is 0 Å². The number of ether oxygens (including phenoxy) is 1. The lowest BCUT2D eigenvalue weighted by molar-refractivity contribution is -0.165. The summed E-state index contributed by atoms with van der Waals surface area (Å²) in [7, 11) is -4.03. The topological polar surface area (TPSA) is 107 Å². The third-order valence-corrected chi connectivity index (χ3v) is 3.89. The first-order valence-electron chi connectivity index (χ1n) is 5.74. The quantitative estimate of drug-likeness (QED) is 0.559. The van der Waals surface area contributed by atoms with Crippen molar-refractivity contribution in [2.24, 2.45) is 5.14 Å². The number of likely N-dealkylation sites (tertiary alicyclic amines) is 1. The Morgan fingerprint density at radius 1 is 1.52 bits per heavy atom. The average molecular weight is 330 g/mol. The van der Waals surface area contributed by atoms with Crippen LogP contribution in [0.2, 0.25) is 0 Å². The minimum absolute atomic E-state index is 0.110. The first-order valence-corrected chi connectivity index (χ1v) is 7.35. The number of carbonyl (C=O) groups is 2. The lowest BCUT2D eigenvalue weighted by Crippen LogP contribution is -2.33. The number of alkyl halides is 3. The molecule has 1 unspecified atom stereocenters. The van der Waals surface area contributed by atoms with Crippen LogP contribution in [-0.4, -0.2) is 49.6 Å². The van der Waals surface area contributed by atoms with Crippen molar-refractivity contribution in [1.82, 2.24) is 4.90 Å². The Morgan fingerprint density at radius 2 is 2.10 bits per heavy atom. The number of carbonyl (C=O) groups excluding carboxylic acids is 2. The lowest BCUT2D eigenvalue weighted by atomic mass is 10.3. The highest BCUT2D eigenvalue weighted by Crippen LogP contribution is 2.24. The molecule has 0 aromatic rings. The second-order valence-corrected chi connectivity index (χ2v) is 6.04. The Morgan fingerprint density at radius 3 is 2.48 bits per heavy atom. The third-order valence-electron chi connectivity index (χ3n) is 2.65. The molecule has 1 fully saturated rings. The number of halogens is 3. The second kappa shape index (κ2) is 6.02. The highest BCUT2D eigenvalue weighted by atomic mass is 32.2. The molecule has 1 atom stereocenters. The van der Waals surface area contributed by atoms with Gasteiger partial charge in [0.1, 0.15) is 5.25 Å². The fourth-order valence-electron chi connectivity index (χ4n) is 1.65. The second-order valence-electron chi connectivity index (χ2n) is 4.20. The van der Waals surface area contributed by atoms with Crippen LogP contribution in [-0.2, 0) is 24.3 Å². The molecule has 2 N–H and O–H groups in total. The molecule has 1 aliphatic rings. The van der Waals surface area contributed by atoms with Gasteiger partial charge in [0.05, 0.1) is 12.7 Å². The molecular formula is C10H13F3N2O5S.